The molecule has 0 atom stereocenters. The summed E-state index contributed by atoms with van der Waals surface area (Å²) < 4.78 is 7.62. The number of nitrogens with zero attached hydrogens (tertiary/aromatic N) is 3. The molecule has 10 heteroatoms. The average Bonchev–Trinajstić information content (AvgIpc) is 3.28. The quantitative estimate of drug-likeness (QED) is 0.196. The van der Waals surface area contributed by atoms with E-state index >= 15 is 0 Å². The van der Waals surface area contributed by atoms with Gasteiger partial charge in [-0.15, -0.1) is 10.2 Å². The number of thioether (sulfide) groups is 1. The molecule has 0 bridgehead atoms. The Morgan fingerprint density at radius 3 is 2.51 bits per heavy atom. The number of anilines is 1. The van der Waals surface area contributed by atoms with Crippen LogP contribution < -0.4 is 5.32 Å². The van der Waals surface area contributed by atoms with Crippen molar-refractivity contribution in [1.82, 2.24) is 14.8 Å². The van der Waals surface area contributed by atoms with Gasteiger partial charge in [0.15, 0.2) is 11.0 Å². The summed E-state index contributed by atoms with van der Waals surface area (Å²) in [4.78, 5) is 24.5. The lowest BCUT2D eigenvalue weighted by Gasteiger charge is -2.14. The van der Waals surface area contributed by atoms with Crippen LogP contribution in [0.1, 0.15) is 28.4 Å². The molecule has 1 amide bonds. The number of aryl methyl sites for hydroxylation is 2. The van der Waals surface area contributed by atoms with Crippen LogP contribution in [-0.4, -0.2) is 44.1 Å². The summed E-state index contributed by atoms with van der Waals surface area (Å²) in [5.74, 6) is -0.0390. The van der Waals surface area contributed by atoms with Gasteiger partial charge in [-0.1, -0.05) is 45.4 Å². The van der Waals surface area contributed by atoms with Crippen molar-refractivity contribution in [3.8, 4) is 22.8 Å². The second kappa shape index (κ2) is 11.6. The molecule has 0 saturated heterocycles. The minimum atomic E-state index is -0.408. The molecule has 2 N–H and O–H groups in total. The number of phenols is 1. The summed E-state index contributed by atoms with van der Waals surface area (Å²) in [6.45, 7) is 6.05. The maximum Gasteiger partial charge on any atom is 0.338 e. The fourth-order valence-corrected chi connectivity index (χ4v) is 4.84. The van der Waals surface area contributed by atoms with E-state index in [1.165, 1.54) is 11.8 Å². The van der Waals surface area contributed by atoms with Gasteiger partial charge >= 0.3 is 5.97 Å². The van der Waals surface area contributed by atoms with Gasteiger partial charge in [0, 0.05) is 10.2 Å². The van der Waals surface area contributed by atoms with Crippen LogP contribution in [-0.2, 0) is 9.53 Å². The summed E-state index contributed by atoms with van der Waals surface area (Å²) in [6, 6.07) is 17.7. The molecule has 1 heterocycles. The van der Waals surface area contributed by atoms with Crippen molar-refractivity contribution in [2.45, 2.75) is 25.9 Å². The Morgan fingerprint density at radius 1 is 1.05 bits per heavy atom. The Bertz CT molecular complexity index is 1450. The summed E-state index contributed by atoms with van der Waals surface area (Å²) in [5, 5.41) is 22.6. The third-order valence-corrected chi connectivity index (χ3v) is 6.86. The average molecular weight is 581 g/mol. The van der Waals surface area contributed by atoms with Crippen molar-refractivity contribution in [3.63, 3.8) is 0 Å². The third kappa shape index (κ3) is 6.20. The standard InChI is InChI=1S/C27H25BrN4O4S/c1-4-36-26(35)18-6-9-20(10-7-18)29-24(34)15-37-27-31-30-25(21-14-19(28)8-12-23(21)33)32(27)22-11-5-16(2)13-17(22)3/h5-14,33H,4,15H2,1-3H3,(H,29,34). The number of amides is 1. The molecule has 190 valence electrons. The van der Waals surface area contributed by atoms with Gasteiger partial charge in [0.1, 0.15) is 5.75 Å². The molecular formula is C27H25BrN4O4S. The van der Waals surface area contributed by atoms with Crippen LogP contribution in [0.15, 0.2) is 70.3 Å². The number of phenolic OH excluding ortho intramolecular Hbond substituents is 1. The van der Waals surface area contributed by atoms with E-state index in [1.54, 1.807) is 49.4 Å². The molecule has 0 aliphatic heterocycles. The normalized spacial score (nSPS) is 10.8. The van der Waals surface area contributed by atoms with Crippen LogP contribution in [0.3, 0.4) is 0 Å². The lowest BCUT2D eigenvalue weighted by atomic mass is 10.1. The first-order valence-electron chi connectivity index (χ1n) is 11.5. The first-order chi connectivity index (χ1) is 17.8. The Kier molecular flexibility index (Phi) is 8.30. The van der Waals surface area contributed by atoms with E-state index in [4.69, 9.17) is 4.74 Å². The fraction of sp³-hybridized carbons (Fsp3) is 0.185. The van der Waals surface area contributed by atoms with Gasteiger partial charge < -0.3 is 15.2 Å². The Hall–Kier alpha value is -3.63. The molecular weight excluding hydrogens is 556 g/mol. The summed E-state index contributed by atoms with van der Waals surface area (Å²) in [7, 11) is 0. The largest absolute Gasteiger partial charge is 0.507 e. The molecule has 0 unspecified atom stereocenters. The lowest BCUT2D eigenvalue weighted by molar-refractivity contribution is -0.113. The highest BCUT2D eigenvalue weighted by Gasteiger charge is 2.21. The fourth-order valence-electron chi connectivity index (χ4n) is 3.73. The van der Waals surface area contributed by atoms with Gasteiger partial charge in [0.25, 0.3) is 0 Å². The van der Waals surface area contributed by atoms with Gasteiger partial charge in [-0.05, 0) is 74.9 Å². The highest BCUT2D eigenvalue weighted by atomic mass is 79.9. The van der Waals surface area contributed by atoms with Crippen molar-refractivity contribution in [3.05, 3.63) is 81.8 Å². The van der Waals surface area contributed by atoms with Gasteiger partial charge in [-0.3, -0.25) is 9.36 Å². The number of hydrogen-bond acceptors (Lipinski definition) is 7. The number of halogens is 1. The van der Waals surface area contributed by atoms with Crippen LogP contribution >= 0.6 is 27.7 Å². The predicted octanol–water partition coefficient (Wildman–Crippen LogP) is 5.93. The zero-order valence-electron chi connectivity index (χ0n) is 20.5. The van der Waals surface area contributed by atoms with E-state index in [1.807, 2.05) is 30.5 Å². The SMILES string of the molecule is CCOC(=O)c1ccc(NC(=O)CSc2nnc(-c3cc(Br)ccc3O)n2-c2ccc(C)cc2C)cc1. The van der Waals surface area contributed by atoms with E-state index in [0.717, 1.165) is 21.3 Å². The number of hydrogen-bond donors (Lipinski definition) is 2. The van der Waals surface area contributed by atoms with Crippen molar-refractivity contribution in [2.75, 3.05) is 17.7 Å². The molecule has 0 aliphatic rings. The number of rotatable bonds is 8. The van der Waals surface area contributed by atoms with E-state index in [9.17, 15) is 14.7 Å². The monoisotopic (exact) mass is 580 g/mol. The molecule has 4 aromatic rings. The highest BCUT2D eigenvalue weighted by Crippen LogP contribution is 2.35. The lowest BCUT2D eigenvalue weighted by Crippen LogP contribution is -2.15. The number of carbonyl (C=O) groups excluding carboxylic acids is 2. The zero-order valence-corrected chi connectivity index (χ0v) is 22.9. The molecule has 3 aromatic carbocycles. The Morgan fingerprint density at radius 2 is 1.81 bits per heavy atom. The van der Waals surface area contributed by atoms with Crippen LogP contribution in [0.2, 0.25) is 0 Å². The second-order valence-corrected chi connectivity index (χ2v) is 10.1. The van der Waals surface area contributed by atoms with Crippen LogP contribution in [0.4, 0.5) is 5.69 Å². The Balaban J connectivity index is 1.58. The van der Waals surface area contributed by atoms with Crippen molar-refractivity contribution in [2.24, 2.45) is 0 Å². The predicted molar refractivity (Wildman–Crippen MR) is 147 cm³/mol. The number of carbonyl (C=O) groups is 2. The van der Waals surface area contributed by atoms with Crippen molar-refractivity contribution >= 4 is 45.3 Å². The minimum Gasteiger partial charge on any atom is -0.507 e. The number of aromatic nitrogens is 3. The topological polar surface area (TPSA) is 106 Å². The molecule has 0 saturated carbocycles. The maximum absolute atomic E-state index is 12.7. The second-order valence-electron chi connectivity index (χ2n) is 8.23. The first-order valence-corrected chi connectivity index (χ1v) is 13.3. The highest BCUT2D eigenvalue weighted by molar-refractivity contribution is 9.10. The van der Waals surface area contributed by atoms with E-state index in [-0.39, 0.29) is 17.4 Å². The number of ether oxygens (including phenoxy) is 1. The number of benzene rings is 3. The minimum absolute atomic E-state index is 0.0715. The molecule has 0 fully saturated rings. The van der Waals surface area contributed by atoms with Gasteiger partial charge in [-0.2, -0.15) is 0 Å². The first kappa shape index (κ1) is 26.4. The molecule has 8 nitrogen and oxygen atoms in total. The maximum atomic E-state index is 12.7. The van der Waals surface area contributed by atoms with E-state index in [2.05, 4.69) is 37.5 Å². The summed E-state index contributed by atoms with van der Waals surface area (Å²) in [5.41, 5.74) is 4.46. The molecule has 1 aromatic heterocycles. The van der Waals surface area contributed by atoms with Gasteiger partial charge in [-0.25, -0.2) is 4.79 Å². The summed E-state index contributed by atoms with van der Waals surface area (Å²) >= 11 is 4.69. The van der Waals surface area contributed by atoms with Crippen molar-refractivity contribution < 1.29 is 19.4 Å². The third-order valence-electron chi connectivity index (χ3n) is 5.44. The molecule has 0 aliphatic carbocycles. The van der Waals surface area contributed by atoms with E-state index in [0.29, 0.717) is 34.4 Å². The van der Waals surface area contributed by atoms with Crippen LogP contribution in [0.25, 0.3) is 17.1 Å². The molecule has 0 radical (unpaired) electrons. The van der Waals surface area contributed by atoms with Crippen LogP contribution in [0.5, 0.6) is 5.75 Å². The van der Waals surface area contributed by atoms with Gasteiger partial charge in [0.2, 0.25) is 5.91 Å². The van der Waals surface area contributed by atoms with Gasteiger partial charge in [0.05, 0.1) is 29.2 Å². The number of esters is 1. The van der Waals surface area contributed by atoms with E-state index < -0.39 is 5.97 Å². The number of aromatic hydroxyl groups is 1. The Labute approximate surface area is 227 Å². The molecule has 0 spiro atoms. The molecule has 4 rings (SSSR count). The summed E-state index contributed by atoms with van der Waals surface area (Å²) in [6.07, 6.45) is 0. The number of nitrogens with one attached hydrogen (secondary N) is 1. The smallest absolute Gasteiger partial charge is 0.338 e. The van der Waals surface area contributed by atoms with Crippen LogP contribution in [0, 0.1) is 13.8 Å². The zero-order chi connectivity index (χ0) is 26.5. The van der Waals surface area contributed by atoms with Crippen molar-refractivity contribution in [1.29, 1.82) is 0 Å². The molecule has 37 heavy (non-hydrogen) atoms.